The Hall–Kier alpha value is -2.88. The Kier molecular flexibility index (Phi) is 3.97. The topological polar surface area (TPSA) is 59.3 Å². The van der Waals surface area contributed by atoms with Crippen LogP contribution >= 0.6 is 0 Å². The van der Waals surface area contributed by atoms with Gasteiger partial charge in [-0.2, -0.15) is 0 Å². The summed E-state index contributed by atoms with van der Waals surface area (Å²) in [5, 5.41) is 3.33. The van der Waals surface area contributed by atoms with E-state index in [0.29, 0.717) is 11.0 Å². The predicted molar refractivity (Wildman–Crippen MR) is 95.8 cm³/mol. The van der Waals surface area contributed by atoms with Gasteiger partial charge in [-0.25, -0.2) is 0 Å². The van der Waals surface area contributed by atoms with E-state index in [1.807, 2.05) is 45.9 Å². The molecule has 1 amide bonds. The van der Waals surface area contributed by atoms with E-state index in [4.69, 9.17) is 4.42 Å². The van der Waals surface area contributed by atoms with Crippen LogP contribution in [0.4, 0.5) is 5.69 Å². The van der Waals surface area contributed by atoms with E-state index in [-0.39, 0.29) is 11.2 Å². The predicted octanol–water partition coefficient (Wildman–Crippen LogP) is 4.28. The molecule has 0 saturated carbocycles. The summed E-state index contributed by atoms with van der Waals surface area (Å²) in [6, 6.07) is 10.6. The van der Waals surface area contributed by atoms with Crippen LogP contribution in [-0.2, 0) is 0 Å². The van der Waals surface area contributed by atoms with Crippen molar-refractivity contribution >= 4 is 22.6 Å². The highest BCUT2D eigenvalue weighted by Gasteiger charge is 2.15. The molecule has 0 fully saturated rings. The first-order chi connectivity index (χ1) is 11.4. The quantitative estimate of drug-likeness (QED) is 0.766. The zero-order valence-electron chi connectivity index (χ0n) is 14.2. The molecule has 0 aliphatic rings. The van der Waals surface area contributed by atoms with Crippen molar-refractivity contribution in [2.75, 3.05) is 5.32 Å². The van der Waals surface area contributed by atoms with Crippen LogP contribution in [0, 0.1) is 27.7 Å². The number of anilines is 1. The first-order valence-electron chi connectivity index (χ1n) is 7.79. The minimum atomic E-state index is -0.426. The van der Waals surface area contributed by atoms with Crippen molar-refractivity contribution in [3.63, 3.8) is 0 Å². The van der Waals surface area contributed by atoms with Crippen LogP contribution in [0.2, 0.25) is 0 Å². The molecule has 122 valence electrons. The SMILES string of the molecule is Cc1cc2oc(C(=O)Nc3c(C)cccc3C)cc(=O)c2cc1C. The maximum absolute atomic E-state index is 12.5. The largest absolute Gasteiger partial charge is 0.451 e. The zero-order chi connectivity index (χ0) is 17.4. The van der Waals surface area contributed by atoms with Crippen LogP contribution in [-0.4, -0.2) is 5.91 Å². The van der Waals surface area contributed by atoms with Gasteiger partial charge in [0, 0.05) is 11.8 Å². The molecule has 0 spiro atoms. The number of hydrogen-bond acceptors (Lipinski definition) is 3. The van der Waals surface area contributed by atoms with Crippen LogP contribution < -0.4 is 10.7 Å². The lowest BCUT2D eigenvalue weighted by Gasteiger charge is -2.11. The molecule has 0 aliphatic carbocycles. The van der Waals surface area contributed by atoms with E-state index in [1.165, 1.54) is 6.07 Å². The molecule has 3 aromatic rings. The highest BCUT2D eigenvalue weighted by Crippen LogP contribution is 2.22. The second kappa shape index (κ2) is 5.96. The Labute approximate surface area is 140 Å². The Morgan fingerprint density at radius 1 is 0.917 bits per heavy atom. The van der Waals surface area contributed by atoms with E-state index < -0.39 is 5.91 Å². The average molecular weight is 321 g/mol. The van der Waals surface area contributed by atoms with Gasteiger partial charge in [-0.15, -0.1) is 0 Å². The third-order valence-electron chi connectivity index (χ3n) is 4.29. The molecule has 4 heteroatoms. The first-order valence-corrected chi connectivity index (χ1v) is 7.79. The number of aryl methyl sites for hydroxylation is 4. The minimum Gasteiger partial charge on any atom is -0.451 e. The highest BCUT2D eigenvalue weighted by molar-refractivity contribution is 6.03. The Morgan fingerprint density at radius 2 is 1.54 bits per heavy atom. The van der Waals surface area contributed by atoms with Crippen molar-refractivity contribution in [3.8, 4) is 0 Å². The minimum absolute atomic E-state index is 0.0124. The maximum Gasteiger partial charge on any atom is 0.291 e. The maximum atomic E-state index is 12.5. The number of hydrogen-bond donors (Lipinski definition) is 1. The van der Waals surface area contributed by atoms with Gasteiger partial charge >= 0.3 is 0 Å². The van der Waals surface area contributed by atoms with Gasteiger partial charge < -0.3 is 9.73 Å². The molecule has 2 aromatic carbocycles. The fourth-order valence-electron chi connectivity index (χ4n) is 2.71. The molecule has 24 heavy (non-hydrogen) atoms. The van der Waals surface area contributed by atoms with E-state index in [2.05, 4.69) is 5.32 Å². The molecule has 0 atom stereocenters. The van der Waals surface area contributed by atoms with Crippen molar-refractivity contribution < 1.29 is 9.21 Å². The monoisotopic (exact) mass is 321 g/mol. The fraction of sp³-hybridized carbons (Fsp3) is 0.200. The standard InChI is InChI=1S/C20H19NO3/c1-11-6-5-7-12(2)19(11)21-20(23)18-10-16(22)15-8-13(3)14(4)9-17(15)24-18/h5-10H,1-4H3,(H,21,23). The summed E-state index contributed by atoms with van der Waals surface area (Å²) in [5.74, 6) is -0.414. The summed E-state index contributed by atoms with van der Waals surface area (Å²) in [4.78, 5) is 24.8. The average Bonchev–Trinajstić information content (AvgIpc) is 2.52. The molecule has 0 saturated heterocycles. The third kappa shape index (κ3) is 2.83. The molecule has 0 radical (unpaired) electrons. The summed E-state index contributed by atoms with van der Waals surface area (Å²) < 4.78 is 5.68. The molecule has 0 bridgehead atoms. The van der Waals surface area contributed by atoms with Gasteiger partial charge in [0.2, 0.25) is 0 Å². The lowest BCUT2D eigenvalue weighted by Crippen LogP contribution is -2.16. The molecule has 1 heterocycles. The van der Waals surface area contributed by atoms with Gasteiger partial charge in [0.25, 0.3) is 5.91 Å². The molecule has 0 unspecified atom stereocenters. The second-order valence-corrected chi connectivity index (χ2v) is 6.13. The van der Waals surface area contributed by atoms with Gasteiger partial charge in [-0.1, -0.05) is 18.2 Å². The summed E-state index contributed by atoms with van der Waals surface area (Å²) in [6.07, 6.45) is 0. The number of rotatable bonds is 2. The smallest absolute Gasteiger partial charge is 0.291 e. The third-order valence-corrected chi connectivity index (χ3v) is 4.29. The molecule has 3 rings (SSSR count). The number of para-hydroxylation sites is 1. The molecular weight excluding hydrogens is 302 g/mol. The zero-order valence-corrected chi connectivity index (χ0v) is 14.2. The van der Waals surface area contributed by atoms with Crippen molar-refractivity contribution in [1.29, 1.82) is 0 Å². The van der Waals surface area contributed by atoms with Crippen molar-refractivity contribution in [1.82, 2.24) is 0 Å². The van der Waals surface area contributed by atoms with Crippen LogP contribution in [0.3, 0.4) is 0 Å². The summed E-state index contributed by atoms with van der Waals surface area (Å²) in [6.45, 7) is 7.73. The Morgan fingerprint density at radius 3 is 2.21 bits per heavy atom. The summed E-state index contributed by atoms with van der Waals surface area (Å²) >= 11 is 0. The molecule has 0 aliphatic heterocycles. The Bertz CT molecular complexity index is 995. The van der Waals surface area contributed by atoms with E-state index in [9.17, 15) is 9.59 Å². The van der Waals surface area contributed by atoms with Gasteiger partial charge in [0.1, 0.15) is 5.58 Å². The number of fused-ring (bicyclic) bond motifs is 1. The normalized spacial score (nSPS) is 10.8. The lowest BCUT2D eigenvalue weighted by molar-refractivity contribution is 0.0997. The lowest BCUT2D eigenvalue weighted by atomic mass is 10.1. The highest BCUT2D eigenvalue weighted by atomic mass is 16.3. The number of nitrogens with one attached hydrogen (secondary N) is 1. The number of carbonyl (C=O) groups excluding carboxylic acids is 1. The van der Waals surface area contributed by atoms with Crippen LogP contribution in [0.1, 0.15) is 32.8 Å². The van der Waals surface area contributed by atoms with Crippen LogP contribution in [0.5, 0.6) is 0 Å². The van der Waals surface area contributed by atoms with E-state index >= 15 is 0 Å². The van der Waals surface area contributed by atoms with Gasteiger partial charge in [-0.3, -0.25) is 9.59 Å². The summed E-state index contributed by atoms with van der Waals surface area (Å²) in [7, 11) is 0. The fourth-order valence-corrected chi connectivity index (χ4v) is 2.71. The summed E-state index contributed by atoms with van der Waals surface area (Å²) in [5.41, 5.74) is 4.89. The van der Waals surface area contributed by atoms with Crippen LogP contribution in [0.25, 0.3) is 11.0 Å². The molecule has 1 N–H and O–H groups in total. The number of amides is 1. The Balaban J connectivity index is 2.05. The number of benzene rings is 2. The molecule has 1 aromatic heterocycles. The second-order valence-electron chi connectivity index (χ2n) is 6.13. The molecular formula is C20H19NO3. The van der Waals surface area contributed by atoms with Crippen LogP contribution in [0.15, 0.2) is 45.6 Å². The number of carbonyl (C=O) groups is 1. The van der Waals surface area contributed by atoms with E-state index in [0.717, 1.165) is 27.9 Å². The van der Waals surface area contributed by atoms with E-state index in [1.54, 1.807) is 12.1 Å². The first kappa shape index (κ1) is 16.0. The van der Waals surface area contributed by atoms with Gasteiger partial charge in [-0.05, 0) is 62.1 Å². The molecule has 4 nitrogen and oxygen atoms in total. The van der Waals surface area contributed by atoms with Gasteiger partial charge in [0.05, 0.1) is 5.39 Å². The van der Waals surface area contributed by atoms with Crippen molar-refractivity contribution in [2.45, 2.75) is 27.7 Å². The van der Waals surface area contributed by atoms with Crippen molar-refractivity contribution in [2.24, 2.45) is 0 Å². The van der Waals surface area contributed by atoms with Gasteiger partial charge in [0.15, 0.2) is 11.2 Å². The van der Waals surface area contributed by atoms with Crippen molar-refractivity contribution in [3.05, 3.63) is 74.6 Å².